The normalized spacial score (nSPS) is 14.4. The molecule has 1 aromatic carbocycles. The summed E-state index contributed by atoms with van der Waals surface area (Å²) < 4.78 is 57.9. The third-order valence-electron chi connectivity index (χ3n) is 5.11. The maximum Gasteiger partial charge on any atom is 0.315 e. The van der Waals surface area contributed by atoms with Crippen LogP contribution >= 0.6 is 22.9 Å². The first-order valence-corrected chi connectivity index (χ1v) is 12.2. The largest absolute Gasteiger partial charge is 0.370 e. The Morgan fingerprint density at radius 1 is 1.08 bits per heavy atom. The highest BCUT2D eigenvalue weighted by Gasteiger charge is 2.27. The average molecular weight is 580 g/mol. The van der Waals surface area contributed by atoms with E-state index in [1.54, 1.807) is 0 Å². The Morgan fingerprint density at radius 3 is 2.47 bits per heavy atom. The molecule has 0 saturated carbocycles. The van der Waals surface area contributed by atoms with Gasteiger partial charge in [0.25, 0.3) is 24.7 Å². The number of nitrogens with zero attached hydrogens (tertiary/aromatic N) is 1. The molecule has 2 heterocycles. The number of hydrogen-bond donors (Lipinski definition) is 4. The predicted octanol–water partition coefficient (Wildman–Crippen LogP) is 3.00. The summed E-state index contributed by atoms with van der Waals surface area (Å²) in [5.41, 5.74) is -0.666. The Kier molecular flexibility index (Phi) is 10.3. The summed E-state index contributed by atoms with van der Waals surface area (Å²) in [5, 5.41) is 8.81. The van der Waals surface area contributed by atoms with Crippen molar-refractivity contribution >= 4 is 58.1 Å². The molecule has 38 heavy (non-hydrogen) atoms. The van der Waals surface area contributed by atoms with Crippen molar-refractivity contribution in [2.75, 3.05) is 43.1 Å². The summed E-state index contributed by atoms with van der Waals surface area (Å²) in [7, 11) is 0. The fraction of sp³-hybridized carbons (Fsp3) is 0.364. The SMILES string of the molecule is O=C(NCC(F)F)N[C@@H](CNC(=O)c1ccc(Cl)s1)C(=O)Nc1ccc(N2CCOCC2=O)c(C(F)F)c1. The van der Waals surface area contributed by atoms with E-state index in [4.69, 9.17) is 16.3 Å². The Bertz CT molecular complexity index is 1180. The summed E-state index contributed by atoms with van der Waals surface area (Å²) >= 11 is 6.77. The second-order valence-corrected chi connectivity index (χ2v) is 9.49. The van der Waals surface area contributed by atoms with Crippen LogP contribution in [0, 0.1) is 0 Å². The van der Waals surface area contributed by atoms with Gasteiger partial charge in [-0.3, -0.25) is 14.4 Å². The summed E-state index contributed by atoms with van der Waals surface area (Å²) in [5.74, 6) is -2.05. The number of amides is 5. The highest BCUT2D eigenvalue weighted by atomic mass is 35.5. The lowest BCUT2D eigenvalue weighted by molar-refractivity contribution is -0.125. The number of morpholine rings is 1. The molecule has 16 heteroatoms. The molecule has 1 aliphatic rings. The molecule has 4 N–H and O–H groups in total. The minimum absolute atomic E-state index is 0.0470. The van der Waals surface area contributed by atoms with Crippen LogP contribution in [0.5, 0.6) is 0 Å². The monoisotopic (exact) mass is 579 g/mol. The van der Waals surface area contributed by atoms with Gasteiger partial charge in [0.15, 0.2) is 0 Å². The molecule has 0 spiro atoms. The van der Waals surface area contributed by atoms with Gasteiger partial charge in [0.2, 0.25) is 5.91 Å². The molecule has 0 radical (unpaired) electrons. The van der Waals surface area contributed by atoms with E-state index in [9.17, 15) is 36.7 Å². The summed E-state index contributed by atoms with van der Waals surface area (Å²) in [6.45, 7) is -1.48. The molecule has 0 unspecified atom stereocenters. The molecule has 0 aliphatic carbocycles. The molecule has 1 atom stereocenters. The third-order valence-corrected chi connectivity index (χ3v) is 6.34. The first kappa shape index (κ1) is 29.1. The standard InChI is InChI=1S/C22H22ClF4N5O5S/c23-16-4-3-15(38-16)21(35)28-8-13(31-22(36)29-9-17(24)25)20(34)30-11-1-2-14(12(7-11)19(26)27)32-5-6-37-10-18(32)33/h1-4,7,13,17,19H,5-6,8-10H2,(H,28,35)(H,30,34)(H2,29,31,36)/t13-/m0/s1. The number of urea groups is 1. The van der Waals surface area contributed by atoms with E-state index in [-0.39, 0.29) is 36.0 Å². The quantitative estimate of drug-likeness (QED) is 0.322. The Labute approximate surface area is 222 Å². The van der Waals surface area contributed by atoms with Crippen molar-refractivity contribution in [3.05, 3.63) is 45.1 Å². The number of carbonyl (C=O) groups excluding carboxylic acids is 4. The number of alkyl halides is 4. The van der Waals surface area contributed by atoms with Gasteiger partial charge >= 0.3 is 6.03 Å². The van der Waals surface area contributed by atoms with Gasteiger partial charge in [0.05, 0.1) is 28.1 Å². The smallest absolute Gasteiger partial charge is 0.315 e. The maximum atomic E-state index is 13.8. The zero-order chi connectivity index (χ0) is 27.8. The van der Waals surface area contributed by atoms with Gasteiger partial charge in [-0.25, -0.2) is 22.4 Å². The number of nitrogens with one attached hydrogen (secondary N) is 4. The van der Waals surface area contributed by atoms with Crippen LogP contribution in [0.15, 0.2) is 30.3 Å². The van der Waals surface area contributed by atoms with E-state index in [0.717, 1.165) is 22.3 Å². The minimum Gasteiger partial charge on any atom is -0.370 e. The fourth-order valence-corrected chi connectivity index (χ4v) is 4.32. The van der Waals surface area contributed by atoms with Gasteiger partial charge in [-0.1, -0.05) is 11.6 Å². The first-order valence-electron chi connectivity index (χ1n) is 11.0. The van der Waals surface area contributed by atoms with Crippen LogP contribution in [0.2, 0.25) is 4.34 Å². The number of anilines is 2. The van der Waals surface area contributed by atoms with Crippen LogP contribution in [-0.4, -0.2) is 69.1 Å². The molecule has 10 nitrogen and oxygen atoms in total. The molecule has 3 rings (SSSR count). The van der Waals surface area contributed by atoms with Gasteiger partial charge < -0.3 is 30.9 Å². The van der Waals surface area contributed by atoms with E-state index >= 15 is 0 Å². The van der Waals surface area contributed by atoms with Crippen molar-refractivity contribution in [1.82, 2.24) is 16.0 Å². The molecular weight excluding hydrogens is 558 g/mol. The average Bonchev–Trinajstić information content (AvgIpc) is 3.31. The lowest BCUT2D eigenvalue weighted by Crippen LogP contribution is -2.53. The number of ether oxygens (including phenoxy) is 1. The summed E-state index contributed by atoms with van der Waals surface area (Å²) in [4.78, 5) is 50.7. The molecule has 5 amide bonds. The topological polar surface area (TPSA) is 129 Å². The van der Waals surface area contributed by atoms with E-state index < -0.39 is 61.3 Å². The van der Waals surface area contributed by atoms with Gasteiger partial charge in [0.1, 0.15) is 12.6 Å². The van der Waals surface area contributed by atoms with E-state index in [0.29, 0.717) is 4.34 Å². The molecular formula is C22H22ClF4N5O5S. The third kappa shape index (κ3) is 8.03. The number of rotatable bonds is 10. The fourth-order valence-electron chi connectivity index (χ4n) is 3.36. The van der Waals surface area contributed by atoms with Crippen LogP contribution < -0.4 is 26.2 Å². The van der Waals surface area contributed by atoms with Crippen LogP contribution in [0.3, 0.4) is 0 Å². The highest BCUT2D eigenvalue weighted by Crippen LogP contribution is 2.33. The van der Waals surface area contributed by atoms with Gasteiger partial charge in [-0.15, -0.1) is 11.3 Å². The molecule has 2 aromatic rings. The zero-order valence-electron chi connectivity index (χ0n) is 19.4. The van der Waals surface area contributed by atoms with E-state index in [1.165, 1.54) is 24.3 Å². The molecule has 1 fully saturated rings. The summed E-state index contributed by atoms with van der Waals surface area (Å²) in [6, 6.07) is 3.81. The van der Waals surface area contributed by atoms with E-state index in [1.807, 2.05) is 5.32 Å². The first-order chi connectivity index (χ1) is 18.0. The maximum absolute atomic E-state index is 13.8. The lowest BCUT2D eigenvalue weighted by Gasteiger charge is -2.29. The zero-order valence-corrected chi connectivity index (χ0v) is 21.0. The second-order valence-electron chi connectivity index (χ2n) is 7.77. The number of hydrogen-bond acceptors (Lipinski definition) is 6. The molecule has 1 aliphatic heterocycles. The molecule has 1 saturated heterocycles. The van der Waals surface area contributed by atoms with Crippen LogP contribution in [-0.2, 0) is 14.3 Å². The number of benzene rings is 1. The number of carbonyl (C=O) groups is 4. The molecule has 0 bridgehead atoms. The van der Waals surface area contributed by atoms with Crippen molar-refractivity contribution in [1.29, 1.82) is 0 Å². The second kappa shape index (κ2) is 13.4. The van der Waals surface area contributed by atoms with Crippen LogP contribution in [0.1, 0.15) is 21.7 Å². The van der Waals surface area contributed by atoms with Gasteiger partial charge in [0, 0.05) is 24.3 Å². The Hall–Kier alpha value is -3.43. The predicted molar refractivity (Wildman–Crippen MR) is 131 cm³/mol. The van der Waals surface area contributed by atoms with Crippen molar-refractivity contribution in [2.24, 2.45) is 0 Å². The van der Waals surface area contributed by atoms with Crippen molar-refractivity contribution < 1.29 is 41.5 Å². The number of halogens is 5. The Morgan fingerprint density at radius 2 is 1.84 bits per heavy atom. The molecule has 1 aromatic heterocycles. The van der Waals surface area contributed by atoms with E-state index in [2.05, 4.69) is 16.0 Å². The molecule has 206 valence electrons. The Balaban J connectivity index is 1.75. The lowest BCUT2D eigenvalue weighted by atomic mass is 10.1. The van der Waals surface area contributed by atoms with Crippen LogP contribution in [0.25, 0.3) is 0 Å². The van der Waals surface area contributed by atoms with Crippen molar-refractivity contribution in [3.8, 4) is 0 Å². The minimum atomic E-state index is -3.00. The van der Waals surface area contributed by atoms with Gasteiger partial charge in [-0.05, 0) is 30.3 Å². The van der Waals surface area contributed by atoms with Crippen molar-refractivity contribution in [3.63, 3.8) is 0 Å². The van der Waals surface area contributed by atoms with Crippen LogP contribution in [0.4, 0.5) is 33.7 Å². The van der Waals surface area contributed by atoms with Crippen molar-refractivity contribution in [2.45, 2.75) is 18.9 Å². The highest BCUT2D eigenvalue weighted by molar-refractivity contribution is 7.18. The summed E-state index contributed by atoms with van der Waals surface area (Å²) in [6.07, 6.45) is -5.84. The number of thiophene rings is 1. The van der Waals surface area contributed by atoms with Gasteiger partial charge in [-0.2, -0.15) is 0 Å².